The molecule has 0 spiro atoms. The summed E-state index contributed by atoms with van der Waals surface area (Å²) in [5.41, 5.74) is -3.87. The Bertz CT molecular complexity index is 958. The highest BCUT2D eigenvalue weighted by molar-refractivity contribution is 7.91. The van der Waals surface area contributed by atoms with Gasteiger partial charge in [-0.2, -0.15) is 17.9 Å². The number of carbonyl (C=O) groups excluding carboxylic acids is 3. The van der Waals surface area contributed by atoms with Crippen LogP contribution in [0.3, 0.4) is 0 Å². The van der Waals surface area contributed by atoms with Crippen molar-refractivity contribution in [3.8, 4) is 0 Å². The zero-order valence-electron chi connectivity index (χ0n) is 14.7. The summed E-state index contributed by atoms with van der Waals surface area (Å²) in [6.07, 6.45) is -3.57. The summed E-state index contributed by atoms with van der Waals surface area (Å²) >= 11 is 0.279. The van der Waals surface area contributed by atoms with Gasteiger partial charge in [-0.1, -0.05) is 24.2 Å². The molecule has 2 aliphatic rings. The van der Waals surface area contributed by atoms with Gasteiger partial charge in [-0.15, -0.1) is 10.2 Å². The number of hydrogen-bond acceptors (Lipinski definition) is 8. The van der Waals surface area contributed by atoms with E-state index in [-0.39, 0.29) is 16.5 Å². The standard InChI is InChI=1S/C13H15F3N6O5S2/c1-6(23)17-9-19-20-11(28-9)29(26,27)21-12(13(14,15)16)8(24)22(10(25)18-12)7-4-2-3-5-7/h7,21H,2-5H2,1H3,(H,18,25)(H,17,19,23). The Morgan fingerprint density at radius 3 is 2.45 bits per heavy atom. The predicted octanol–water partition coefficient (Wildman–Crippen LogP) is 0.528. The van der Waals surface area contributed by atoms with Crippen LogP contribution in [0.25, 0.3) is 0 Å². The zero-order valence-corrected chi connectivity index (χ0v) is 16.4. The lowest BCUT2D eigenvalue weighted by molar-refractivity contribution is -0.198. The van der Waals surface area contributed by atoms with Crippen molar-refractivity contribution in [2.45, 2.75) is 54.8 Å². The molecule has 0 radical (unpaired) electrons. The van der Waals surface area contributed by atoms with E-state index in [0.29, 0.717) is 30.6 Å². The largest absolute Gasteiger partial charge is 0.435 e. The second-order valence-corrected chi connectivity index (χ2v) is 9.28. The lowest BCUT2D eigenvalue weighted by Crippen LogP contribution is -2.69. The molecule has 160 valence electrons. The summed E-state index contributed by atoms with van der Waals surface area (Å²) in [7, 11) is -5.04. The van der Waals surface area contributed by atoms with Crippen LogP contribution in [0.15, 0.2) is 4.34 Å². The first-order valence-corrected chi connectivity index (χ1v) is 10.5. The molecular weight excluding hydrogens is 441 g/mol. The molecule has 1 saturated heterocycles. The smallest absolute Gasteiger partial charge is 0.303 e. The Morgan fingerprint density at radius 1 is 1.28 bits per heavy atom. The molecule has 1 aliphatic heterocycles. The number of anilines is 1. The molecule has 1 aromatic heterocycles. The third-order valence-corrected chi connectivity index (χ3v) is 7.03. The highest BCUT2D eigenvalue weighted by atomic mass is 32.2. The van der Waals surface area contributed by atoms with Gasteiger partial charge in [-0.25, -0.2) is 13.2 Å². The Kier molecular flexibility index (Phi) is 5.29. The number of hydrogen-bond donors (Lipinski definition) is 3. The van der Waals surface area contributed by atoms with E-state index >= 15 is 0 Å². The maximum atomic E-state index is 13.8. The minimum absolute atomic E-state index is 0.270. The van der Waals surface area contributed by atoms with Crippen molar-refractivity contribution < 1.29 is 36.0 Å². The number of alkyl halides is 3. The highest BCUT2D eigenvalue weighted by Gasteiger charge is 2.70. The lowest BCUT2D eigenvalue weighted by atomic mass is 10.1. The van der Waals surface area contributed by atoms with Gasteiger partial charge < -0.3 is 10.6 Å². The number of rotatable bonds is 5. The number of amides is 4. The van der Waals surface area contributed by atoms with Crippen LogP contribution in [0.4, 0.5) is 23.1 Å². The van der Waals surface area contributed by atoms with Crippen molar-refractivity contribution in [2.75, 3.05) is 5.32 Å². The molecule has 2 fully saturated rings. The van der Waals surface area contributed by atoms with Gasteiger partial charge in [0, 0.05) is 13.0 Å². The first-order chi connectivity index (χ1) is 13.4. The first kappa shape index (κ1) is 21.4. The van der Waals surface area contributed by atoms with Gasteiger partial charge in [-0.3, -0.25) is 14.5 Å². The molecule has 0 aromatic carbocycles. The Morgan fingerprint density at radius 2 is 1.90 bits per heavy atom. The second-order valence-electron chi connectivity index (χ2n) is 6.45. The molecule has 1 aromatic rings. The third-order valence-electron chi connectivity index (χ3n) is 4.37. The van der Waals surface area contributed by atoms with E-state index in [1.807, 2.05) is 0 Å². The Hall–Kier alpha value is -2.33. The number of carbonyl (C=O) groups is 3. The number of halogens is 3. The number of sulfonamides is 1. The molecule has 3 N–H and O–H groups in total. The normalized spacial score (nSPS) is 23.5. The molecule has 29 heavy (non-hydrogen) atoms. The molecule has 1 saturated carbocycles. The number of urea groups is 1. The molecule has 0 bridgehead atoms. The fourth-order valence-corrected chi connectivity index (χ4v) is 5.34. The minimum Gasteiger partial charge on any atom is -0.303 e. The van der Waals surface area contributed by atoms with E-state index < -0.39 is 50.1 Å². The van der Waals surface area contributed by atoms with Gasteiger partial charge in [-0.05, 0) is 12.8 Å². The summed E-state index contributed by atoms with van der Waals surface area (Å²) in [6, 6.07) is -2.08. The van der Waals surface area contributed by atoms with Crippen molar-refractivity contribution in [1.29, 1.82) is 0 Å². The monoisotopic (exact) mass is 456 g/mol. The van der Waals surface area contributed by atoms with Crippen LogP contribution in [0.5, 0.6) is 0 Å². The fraction of sp³-hybridized carbons (Fsp3) is 0.615. The SMILES string of the molecule is CC(=O)Nc1nnc(S(=O)(=O)NC2(C(F)(F)F)NC(=O)N(C3CCCC3)C2=O)s1. The van der Waals surface area contributed by atoms with Crippen molar-refractivity contribution >= 4 is 44.3 Å². The van der Waals surface area contributed by atoms with Gasteiger partial charge in [0.05, 0.1) is 0 Å². The van der Waals surface area contributed by atoms with Gasteiger partial charge in [0.2, 0.25) is 15.4 Å². The quantitative estimate of drug-likeness (QED) is 0.432. The Balaban J connectivity index is 1.95. The van der Waals surface area contributed by atoms with E-state index in [0.717, 1.165) is 6.92 Å². The van der Waals surface area contributed by atoms with E-state index in [2.05, 4.69) is 15.5 Å². The maximum absolute atomic E-state index is 13.8. The van der Waals surface area contributed by atoms with Crippen molar-refractivity contribution in [2.24, 2.45) is 0 Å². The summed E-state index contributed by atoms with van der Waals surface area (Å²) in [6.45, 7) is 1.11. The molecule has 4 amide bonds. The van der Waals surface area contributed by atoms with Gasteiger partial charge in [0.1, 0.15) is 0 Å². The number of nitrogens with one attached hydrogen (secondary N) is 3. The van der Waals surface area contributed by atoms with Crippen molar-refractivity contribution in [3.63, 3.8) is 0 Å². The average Bonchev–Trinajstić information content (AvgIpc) is 3.28. The van der Waals surface area contributed by atoms with Crippen LogP contribution >= 0.6 is 11.3 Å². The van der Waals surface area contributed by atoms with Crippen molar-refractivity contribution in [3.05, 3.63) is 0 Å². The zero-order chi connectivity index (χ0) is 21.6. The van der Waals surface area contributed by atoms with Crippen LogP contribution in [-0.2, 0) is 19.6 Å². The minimum atomic E-state index is -5.48. The van der Waals surface area contributed by atoms with Crippen LogP contribution < -0.4 is 15.4 Å². The van der Waals surface area contributed by atoms with E-state index in [9.17, 15) is 36.0 Å². The number of aromatic nitrogens is 2. The molecule has 1 unspecified atom stereocenters. The van der Waals surface area contributed by atoms with Crippen molar-refractivity contribution in [1.82, 2.24) is 25.1 Å². The summed E-state index contributed by atoms with van der Waals surface area (Å²) < 4.78 is 66.8. The van der Waals surface area contributed by atoms with Crippen LogP contribution in [-0.4, -0.2) is 59.2 Å². The molecule has 3 rings (SSSR count). The predicted molar refractivity (Wildman–Crippen MR) is 91.0 cm³/mol. The number of imide groups is 1. The molecule has 16 heteroatoms. The Labute approximate surface area is 166 Å². The molecule has 1 atom stereocenters. The lowest BCUT2D eigenvalue weighted by Gasteiger charge is -2.29. The number of nitrogens with zero attached hydrogens (tertiary/aromatic N) is 3. The van der Waals surface area contributed by atoms with Crippen LogP contribution in [0, 0.1) is 0 Å². The average molecular weight is 456 g/mol. The second kappa shape index (κ2) is 7.17. The first-order valence-electron chi connectivity index (χ1n) is 8.25. The van der Waals surface area contributed by atoms with Gasteiger partial charge >= 0.3 is 12.2 Å². The van der Waals surface area contributed by atoms with Gasteiger partial charge in [0.15, 0.2) is 0 Å². The fourth-order valence-electron chi connectivity index (χ4n) is 3.12. The van der Waals surface area contributed by atoms with E-state index in [4.69, 9.17) is 0 Å². The summed E-state index contributed by atoms with van der Waals surface area (Å²) in [5, 5.41) is 9.91. The molecular formula is C13H15F3N6O5S2. The molecule has 2 heterocycles. The topological polar surface area (TPSA) is 150 Å². The maximum Gasteiger partial charge on any atom is 0.435 e. The molecule has 11 nitrogen and oxygen atoms in total. The van der Waals surface area contributed by atoms with Crippen LogP contribution in [0.1, 0.15) is 32.6 Å². The van der Waals surface area contributed by atoms with E-state index in [1.54, 1.807) is 0 Å². The highest BCUT2D eigenvalue weighted by Crippen LogP contribution is 2.38. The summed E-state index contributed by atoms with van der Waals surface area (Å²) in [5.74, 6) is -2.35. The van der Waals surface area contributed by atoms with E-state index in [1.165, 1.54) is 10.0 Å². The van der Waals surface area contributed by atoms with Crippen LogP contribution in [0.2, 0.25) is 0 Å². The molecule has 1 aliphatic carbocycles. The summed E-state index contributed by atoms with van der Waals surface area (Å²) in [4.78, 5) is 36.2. The van der Waals surface area contributed by atoms with Gasteiger partial charge in [0.25, 0.3) is 21.6 Å². The third kappa shape index (κ3) is 3.78.